The fourth-order valence-corrected chi connectivity index (χ4v) is 3.34. The number of rotatable bonds is 3. The molecule has 128 valence electrons. The number of benzene rings is 3. The van der Waals surface area contributed by atoms with Crippen molar-refractivity contribution in [3.63, 3.8) is 0 Å². The summed E-state index contributed by atoms with van der Waals surface area (Å²) in [6.07, 6.45) is 0. The van der Waals surface area contributed by atoms with Crippen LogP contribution in [0, 0.1) is 20.8 Å². The van der Waals surface area contributed by atoms with E-state index in [1.54, 1.807) is 0 Å². The molecule has 0 saturated heterocycles. The molecule has 0 amide bonds. The number of nitrogens with zero attached hydrogens (tertiary/aromatic N) is 2. The highest BCUT2D eigenvalue weighted by atomic mass is 16.4. The maximum atomic E-state index is 6.02. The van der Waals surface area contributed by atoms with Gasteiger partial charge in [0, 0.05) is 11.1 Å². The van der Waals surface area contributed by atoms with Crippen molar-refractivity contribution in [1.29, 1.82) is 0 Å². The number of aromatic nitrogens is 2. The van der Waals surface area contributed by atoms with Gasteiger partial charge >= 0.3 is 0 Å². The van der Waals surface area contributed by atoms with Gasteiger partial charge in [-0.05, 0) is 54.7 Å². The Labute approximate surface area is 153 Å². The summed E-state index contributed by atoms with van der Waals surface area (Å²) >= 11 is 0. The van der Waals surface area contributed by atoms with Crippen molar-refractivity contribution in [3.05, 3.63) is 83.4 Å². The quantitative estimate of drug-likeness (QED) is 0.459. The van der Waals surface area contributed by atoms with Gasteiger partial charge in [0.1, 0.15) is 0 Å². The summed E-state index contributed by atoms with van der Waals surface area (Å²) in [5.41, 5.74) is 7.77. The van der Waals surface area contributed by atoms with Crippen LogP contribution in [0.15, 0.2) is 71.1 Å². The molecule has 3 aromatic carbocycles. The van der Waals surface area contributed by atoms with Crippen LogP contribution in [0.5, 0.6) is 0 Å². The van der Waals surface area contributed by atoms with Gasteiger partial charge in [-0.25, -0.2) is 0 Å². The normalized spacial score (nSPS) is 10.9. The first-order valence-corrected chi connectivity index (χ1v) is 8.70. The molecule has 0 aliphatic carbocycles. The van der Waals surface area contributed by atoms with Gasteiger partial charge in [0.25, 0.3) is 0 Å². The summed E-state index contributed by atoms with van der Waals surface area (Å²) in [4.78, 5) is 0. The van der Waals surface area contributed by atoms with E-state index in [4.69, 9.17) is 4.42 Å². The summed E-state index contributed by atoms with van der Waals surface area (Å²) in [6.45, 7) is 6.23. The molecule has 3 nitrogen and oxygen atoms in total. The van der Waals surface area contributed by atoms with Gasteiger partial charge in [-0.2, -0.15) is 0 Å². The first-order chi connectivity index (χ1) is 12.6. The van der Waals surface area contributed by atoms with Crippen LogP contribution in [0.4, 0.5) is 0 Å². The molecule has 26 heavy (non-hydrogen) atoms. The van der Waals surface area contributed by atoms with E-state index in [0.29, 0.717) is 11.8 Å². The second-order valence-electron chi connectivity index (χ2n) is 6.58. The molecule has 1 heterocycles. The number of hydrogen-bond acceptors (Lipinski definition) is 3. The van der Waals surface area contributed by atoms with E-state index in [1.165, 1.54) is 11.1 Å². The maximum absolute atomic E-state index is 6.02. The first-order valence-electron chi connectivity index (χ1n) is 8.70. The lowest BCUT2D eigenvalue weighted by Gasteiger charge is -2.10. The fraction of sp³-hybridized carbons (Fsp3) is 0.130. The molecule has 1 aromatic heterocycles. The zero-order chi connectivity index (χ0) is 18.1. The minimum absolute atomic E-state index is 0.559. The molecule has 0 aliphatic rings. The van der Waals surface area contributed by atoms with E-state index in [0.717, 1.165) is 27.8 Å². The molecule has 0 saturated carbocycles. The van der Waals surface area contributed by atoms with E-state index in [1.807, 2.05) is 37.3 Å². The summed E-state index contributed by atoms with van der Waals surface area (Å²) in [6, 6.07) is 22.8. The Morgan fingerprint density at radius 2 is 1.23 bits per heavy atom. The molecular weight excluding hydrogens is 320 g/mol. The van der Waals surface area contributed by atoms with Crippen molar-refractivity contribution in [1.82, 2.24) is 10.2 Å². The van der Waals surface area contributed by atoms with Crippen molar-refractivity contribution in [3.8, 4) is 34.0 Å². The summed E-state index contributed by atoms with van der Waals surface area (Å²) in [5, 5.41) is 8.58. The third-order valence-corrected chi connectivity index (χ3v) is 4.65. The van der Waals surface area contributed by atoms with Crippen LogP contribution in [0.25, 0.3) is 34.0 Å². The predicted octanol–water partition coefficient (Wildman–Crippen LogP) is 6.00. The lowest BCUT2D eigenvalue weighted by molar-refractivity contribution is 0.583. The predicted molar refractivity (Wildman–Crippen MR) is 105 cm³/mol. The largest absolute Gasteiger partial charge is 0.416 e. The lowest BCUT2D eigenvalue weighted by atomic mass is 9.95. The van der Waals surface area contributed by atoms with Gasteiger partial charge in [-0.3, -0.25) is 0 Å². The Morgan fingerprint density at radius 1 is 0.615 bits per heavy atom. The second-order valence-corrected chi connectivity index (χ2v) is 6.58. The smallest absolute Gasteiger partial charge is 0.248 e. The SMILES string of the molecule is Cc1ccccc1-c1nnc(-c2c(C)cc(-c3ccccc3)cc2C)o1. The van der Waals surface area contributed by atoms with Gasteiger partial charge < -0.3 is 4.42 Å². The summed E-state index contributed by atoms with van der Waals surface area (Å²) < 4.78 is 6.02. The average Bonchev–Trinajstić information content (AvgIpc) is 3.11. The van der Waals surface area contributed by atoms with E-state index >= 15 is 0 Å². The van der Waals surface area contributed by atoms with E-state index < -0.39 is 0 Å². The minimum Gasteiger partial charge on any atom is -0.416 e. The molecular formula is C23H20N2O. The van der Waals surface area contributed by atoms with Crippen LogP contribution < -0.4 is 0 Å². The Balaban J connectivity index is 1.77. The minimum atomic E-state index is 0.559. The first kappa shape index (κ1) is 16.3. The van der Waals surface area contributed by atoms with E-state index in [-0.39, 0.29) is 0 Å². The van der Waals surface area contributed by atoms with E-state index in [2.05, 4.69) is 60.4 Å². The van der Waals surface area contributed by atoms with E-state index in [9.17, 15) is 0 Å². The molecule has 3 heteroatoms. The standard InChI is InChI=1S/C23H20N2O/c1-15-9-7-8-12-20(15)22-24-25-23(26-22)21-16(2)13-19(14-17(21)3)18-10-5-4-6-11-18/h4-14H,1-3H3. The highest BCUT2D eigenvalue weighted by Crippen LogP contribution is 2.33. The highest BCUT2D eigenvalue weighted by molar-refractivity contribution is 5.73. The average molecular weight is 340 g/mol. The monoisotopic (exact) mass is 340 g/mol. The lowest BCUT2D eigenvalue weighted by Crippen LogP contribution is -1.91. The summed E-state index contributed by atoms with van der Waals surface area (Å²) in [5.74, 6) is 1.13. The zero-order valence-electron chi connectivity index (χ0n) is 15.2. The van der Waals surface area contributed by atoms with Crippen molar-refractivity contribution in [2.45, 2.75) is 20.8 Å². The zero-order valence-corrected chi connectivity index (χ0v) is 15.2. The molecule has 4 rings (SSSR count). The molecule has 0 aliphatic heterocycles. The van der Waals surface area contributed by atoms with Crippen LogP contribution >= 0.6 is 0 Å². The van der Waals surface area contributed by atoms with Crippen molar-refractivity contribution in [2.75, 3.05) is 0 Å². The maximum Gasteiger partial charge on any atom is 0.248 e. The van der Waals surface area contributed by atoms with Gasteiger partial charge in [-0.1, -0.05) is 60.7 Å². The van der Waals surface area contributed by atoms with Crippen molar-refractivity contribution < 1.29 is 4.42 Å². The third-order valence-electron chi connectivity index (χ3n) is 4.65. The molecule has 0 fully saturated rings. The van der Waals surface area contributed by atoms with Crippen LogP contribution in [0.1, 0.15) is 16.7 Å². The third kappa shape index (κ3) is 2.92. The van der Waals surface area contributed by atoms with Crippen LogP contribution in [0.2, 0.25) is 0 Å². The Hall–Kier alpha value is -3.20. The van der Waals surface area contributed by atoms with Crippen LogP contribution in [-0.4, -0.2) is 10.2 Å². The van der Waals surface area contributed by atoms with Crippen LogP contribution in [0.3, 0.4) is 0 Å². The molecule has 4 aromatic rings. The molecule has 0 radical (unpaired) electrons. The molecule has 0 bridgehead atoms. The van der Waals surface area contributed by atoms with Gasteiger partial charge in [-0.15, -0.1) is 10.2 Å². The summed E-state index contributed by atoms with van der Waals surface area (Å²) in [7, 11) is 0. The van der Waals surface area contributed by atoms with Crippen molar-refractivity contribution >= 4 is 0 Å². The molecule has 0 N–H and O–H groups in total. The second kappa shape index (κ2) is 6.60. The topological polar surface area (TPSA) is 38.9 Å². The number of hydrogen-bond donors (Lipinski definition) is 0. The van der Waals surface area contributed by atoms with Crippen LogP contribution in [-0.2, 0) is 0 Å². The molecule has 0 unspecified atom stereocenters. The Bertz CT molecular complexity index is 1040. The highest BCUT2D eigenvalue weighted by Gasteiger charge is 2.16. The number of aryl methyl sites for hydroxylation is 3. The van der Waals surface area contributed by atoms with Gasteiger partial charge in [0.05, 0.1) is 0 Å². The van der Waals surface area contributed by atoms with Gasteiger partial charge in [0.2, 0.25) is 11.8 Å². The van der Waals surface area contributed by atoms with Gasteiger partial charge in [0.15, 0.2) is 0 Å². The Kier molecular flexibility index (Phi) is 4.13. The molecule has 0 spiro atoms. The Morgan fingerprint density at radius 3 is 1.92 bits per heavy atom. The fourth-order valence-electron chi connectivity index (χ4n) is 3.34. The van der Waals surface area contributed by atoms with Crippen molar-refractivity contribution in [2.24, 2.45) is 0 Å². The molecule has 0 atom stereocenters.